The molecule has 0 bridgehead atoms. The van der Waals surface area contributed by atoms with Gasteiger partial charge in [0.2, 0.25) is 0 Å². The van der Waals surface area contributed by atoms with E-state index in [1.54, 1.807) is 13.2 Å². The number of hydrogen-bond donors (Lipinski definition) is 1. The van der Waals surface area contributed by atoms with Gasteiger partial charge in [-0.15, -0.1) is 0 Å². The molecule has 1 rings (SSSR count). The van der Waals surface area contributed by atoms with Gasteiger partial charge in [-0.05, 0) is 19.9 Å². The third-order valence-corrected chi connectivity index (χ3v) is 2.21. The van der Waals surface area contributed by atoms with Crippen molar-refractivity contribution in [2.24, 2.45) is 0 Å². The Morgan fingerprint density at radius 1 is 1.56 bits per heavy atom. The van der Waals surface area contributed by atoms with Gasteiger partial charge in [-0.2, -0.15) is 0 Å². The highest BCUT2D eigenvalue weighted by Gasteiger charge is 2.16. The van der Waals surface area contributed by atoms with Crippen LogP contribution >= 0.6 is 0 Å². The molecular weight excluding hydrogens is 210 g/mol. The summed E-state index contributed by atoms with van der Waals surface area (Å²) in [6, 6.07) is 2.99. The molecule has 0 unspecified atom stereocenters. The van der Waals surface area contributed by atoms with Gasteiger partial charge in [0.25, 0.3) is 5.69 Å². The summed E-state index contributed by atoms with van der Waals surface area (Å²) in [4.78, 5) is 13.9. The van der Waals surface area contributed by atoms with Gasteiger partial charge in [0.1, 0.15) is 12.0 Å². The summed E-state index contributed by atoms with van der Waals surface area (Å²) >= 11 is 0. The number of pyridine rings is 1. The number of ether oxygens (including phenoxy) is 1. The van der Waals surface area contributed by atoms with Gasteiger partial charge in [-0.25, -0.2) is 4.98 Å². The van der Waals surface area contributed by atoms with Crippen molar-refractivity contribution >= 4 is 11.5 Å². The summed E-state index contributed by atoms with van der Waals surface area (Å²) in [6.45, 7) is 4.45. The first-order valence-corrected chi connectivity index (χ1v) is 4.84. The van der Waals surface area contributed by atoms with E-state index in [2.05, 4.69) is 10.3 Å². The lowest BCUT2D eigenvalue weighted by Crippen LogP contribution is -2.32. The number of nitrogens with zero attached hydrogens (tertiary/aromatic N) is 2. The molecule has 1 aromatic heterocycles. The molecule has 0 aliphatic carbocycles. The normalized spacial score (nSPS) is 11.2. The molecule has 0 aliphatic rings. The molecule has 0 atom stereocenters. The van der Waals surface area contributed by atoms with E-state index in [9.17, 15) is 10.1 Å². The molecule has 0 saturated heterocycles. The molecule has 0 saturated carbocycles. The van der Waals surface area contributed by atoms with E-state index in [4.69, 9.17) is 4.74 Å². The largest absolute Gasteiger partial charge is 0.377 e. The topological polar surface area (TPSA) is 77.3 Å². The van der Waals surface area contributed by atoms with E-state index in [-0.39, 0.29) is 11.3 Å². The van der Waals surface area contributed by atoms with Crippen LogP contribution in [0.4, 0.5) is 11.5 Å². The van der Waals surface area contributed by atoms with Crippen LogP contribution in [0.5, 0.6) is 0 Å². The Labute approximate surface area is 93.8 Å². The van der Waals surface area contributed by atoms with Crippen molar-refractivity contribution < 1.29 is 9.66 Å². The van der Waals surface area contributed by atoms with Crippen LogP contribution in [0.25, 0.3) is 0 Å². The first-order valence-electron chi connectivity index (χ1n) is 4.84. The molecule has 0 radical (unpaired) electrons. The quantitative estimate of drug-likeness (QED) is 0.611. The fraction of sp³-hybridized carbons (Fsp3) is 0.500. The molecule has 16 heavy (non-hydrogen) atoms. The van der Waals surface area contributed by atoms with Gasteiger partial charge in [0.15, 0.2) is 0 Å². The number of hydrogen-bond acceptors (Lipinski definition) is 5. The van der Waals surface area contributed by atoms with E-state index in [1.165, 1.54) is 12.3 Å². The molecule has 0 fully saturated rings. The van der Waals surface area contributed by atoms with E-state index < -0.39 is 4.92 Å². The SMILES string of the molecule is COC(C)(C)CNc1ccc([N+](=O)[O-])cn1. The van der Waals surface area contributed by atoms with Crippen molar-refractivity contribution in [3.63, 3.8) is 0 Å². The van der Waals surface area contributed by atoms with Crippen molar-refractivity contribution in [3.8, 4) is 0 Å². The molecule has 0 aromatic carbocycles. The van der Waals surface area contributed by atoms with Crippen molar-refractivity contribution in [2.45, 2.75) is 19.4 Å². The number of anilines is 1. The molecule has 88 valence electrons. The average molecular weight is 225 g/mol. The summed E-state index contributed by atoms with van der Waals surface area (Å²) in [5.41, 5.74) is -0.319. The molecule has 1 N–H and O–H groups in total. The number of nitro groups is 1. The predicted octanol–water partition coefficient (Wildman–Crippen LogP) is 1.83. The fourth-order valence-corrected chi connectivity index (χ4v) is 0.974. The van der Waals surface area contributed by atoms with Crippen LogP contribution in [0.15, 0.2) is 18.3 Å². The second kappa shape index (κ2) is 4.89. The van der Waals surface area contributed by atoms with Crippen molar-refractivity contribution in [1.29, 1.82) is 0 Å². The Morgan fingerprint density at radius 3 is 2.69 bits per heavy atom. The van der Waals surface area contributed by atoms with Gasteiger partial charge in [0, 0.05) is 19.7 Å². The highest BCUT2D eigenvalue weighted by atomic mass is 16.6. The lowest BCUT2D eigenvalue weighted by molar-refractivity contribution is -0.385. The Kier molecular flexibility index (Phi) is 3.78. The minimum absolute atomic E-state index is 0.0171. The monoisotopic (exact) mass is 225 g/mol. The molecule has 6 nitrogen and oxygen atoms in total. The van der Waals surface area contributed by atoms with E-state index in [0.29, 0.717) is 12.4 Å². The molecule has 1 heterocycles. The Hall–Kier alpha value is -1.69. The van der Waals surface area contributed by atoms with E-state index >= 15 is 0 Å². The summed E-state index contributed by atoms with van der Waals surface area (Å²) in [5, 5.41) is 13.4. The molecule has 0 aliphatic heterocycles. The predicted molar refractivity (Wildman–Crippen MR) is 60.5 cm³/mol. The van der Waals surface area contributed by atoms with Crippen molar-refractivity contribution in [3.05, 3.63) is 28.4 Å². The van der Waals surface area contributed by atoms with Gasteiger partial charge < -0.3 is 10.1 Å². The third-order valence-electron chi connectivity index (χ3n) is 2.21. The highest BCUT2D eigenvalue weighted by molar-refractivity contribution is 5.40. The minimum Gasteiger partial charge on any atom is -0.377 e. The second-order valence-corrected chi connectivity index (χ2v) is 3.98. The smallest absolute Gasteiger partial charge is 0.287 e. The van der Waals surface area contributed by atoms with Crippen LogP contribution in [0.2, 0.25) is 0 Å². The summed E-state index contributed by atoms with van der Waals surface area (Å²) in [5.74, 6) is 0.593. The fourth-order valence-electron chi connectivity index (χ4n) is 0.974. The lowest BCUT2D eigenvalue weighted by atomic mass is 10.1. The standard InChI is InChI=1S/C10H15N3O3/c1-10(2,16-3)7-12-9-5-4-8(6-11-9)13(14)15/h4-6H,7H2,1-3H3,(H,11,12). The van der Waals surface area contributed by atoms with Crippen LogP contribution in [0.1, 0.15) is 13.8 Å². The van der Waals surface area contributed by atoms with Crippen LogP contribution in [-0.2, 0) is 4.74 Å². The Morgan fingerprint density at radius 2 is 2.25 bits per heavy atom. The maximum Gasteiger partial charge on any atom is 0.287 e. The minimum atomic E-state index is -0.476. The molecule has 0 amide bonds. The number of rotatable bonds is 5. The third kappa shape index (κ3) is 3.47. The van der Waals surface area contributed by atoms with Crippen molar-refractivity contribution in [2.75, 3.05) is 19.0 Å². The van der Waals surface area contributed by atoms with Gasteiger partial charge >= 0.3 is 0 Å². The van der Waals surface area contributed by atoms with Crippen LogP contribution < -0.4 is 5.32 Å². The van der Waals surface area contributed by atoms with E-state index in [0.717, 1.165) is 0 Å². The van der Waals surface area contributed by atoms with Crippen molar-refractivity contribution in [1.82, 2.24) is 4.98 Å². The summed E-state index contributed by atoms with van der Waals surface area (Å²) in [7, 11) is 1.63. The zero-order valence-corrected chi connectivity index (χ0v) is 9.56. The summed E-state index contributed by atoms with van der Waals surface area (Å²) < 4.78 is 5.22. The van der Waals surface area contributed by atoms with Gasteiger partial charge in [0.05, 0.1) is 10.5 Å². The average Bonchev–Trinajstić information content (AvgIpc) is 2.27. The summed E-state index contributed by atoms with van der Waals surface area (Å²) in [6.07, 6.45) is 1.22. The number of methoxy groups -OCH3 is 1. The zero-order valence-electron chi connectivity index (χ0n) is 9.56. The molecule has 6 heteroatoms. The number of aromatic nitrogens is 1. The highest BCUT2D eigenvalue weighted by Crippen LogP contribution is 2.13. The number of nitrogens with one attached hydrogen (secondary N) is 1. The van der Waals surface area contributed by atoms with Crippen LogP contribution in [0, 0.1) is 10.1 Å². The Balaban J connectivity index is 2.59. The maximum atomic E-state index is 10.4. The maximum absolute atomic E-state index is 10.4. The Bertz CT molecular complexity index is 362. The van der Waals surface area contributed by atoms with Gasteiger partial charge in [-0.3, -0.25) is 10.1 Å². The molecule has 1 aromatic rings. The second-order valence-electron chi connectivity index (χ2n) is 3.98. The first-order chi connectivity index (χ1) is 7.44. The van der Waals surface area contributed by atoms with Crippen LogP contribution in [0.3, 0.4) is 0 Å². The first kappa shape index (κ1) is 12.4. The van der Waals surface area contributed by atoms with E-state index in [1.807, 2.05) is 13.8 Å². The zero-order chi connectivity index (χ0) is 12.2. The molecule has 0 spiro atoms. The van der Waals surface area contributed by atoms with Crippen LogP contribution in [-0.4, -0.2) is 29.2 Å². The van der Waals surface area contributed by atoms with Gasteiger partial charge in [-0.1, -0.05) is 0 Å². The molecular formula is C10H15N3O3. The lowest BCUT2D eigenvalue weighted by Gasteiger charge is -2.23.